The number of hydrogen-bond acceptors (Lipinski definition) is 4. The minimum atomic E-state index is 0.0181. The van der Waals surface area contributed by atoms with Crippen LogP contribution < -0.4 is 9.47 Å². The summed E-state index contributed by atoms with van der Waals surface area (Å²) in [6.07, 6.45) is 2.54. The van der Waals surface area contributed by atoms with Gasteiger partial charge in [0.15, 0.2) is 11.5 Å². The standard InChI is InChI=1S/C16H23IN2O3/c1-18(8-9-19-6-4-5-7-19)16(20)12-10-14(21-2)15(22-3)11-13(12)17/h10-11H,4-9H2,1-3H3. The van der Waals surface area contributed by atoms with E-state index in [4.69, 9.17) is 9.47 Å². The summed E-state index contributed by atoms with van der Waals surface area (Å²) in [4.78, 5) is 16.8. The Hall–Kier alpha value is -1.02. The number of benzene rings is 1. The van der Waals surface area contributed by atoms with Crippen molar-refractivity contribution in [3.63, 3.8) is 0 Å². The molecule has 1 heterocycles. The molecular formula is C16H23IN2O3. The van der Waals surface area contributed by atoms with Crippen LogP contribution in [0.25, 0.3) is 0 Å². The molecule has 2 rings (SSSR count). The number of carbonyl (C=O) groups is 1. The molecule has 1 aliphatic rings. The van der Waals surface area contributed by atoms with E-state index in [9.17, 15) is 4.79 Å². The molecule has 0 N–H and O–H groups in total. The lowest BCUT2D eigenvalue weighted by molar-refractivity contribution is 0.0781. The predicted molar refractivity (Wildman–Crippen MR) is 94.9 cm³/mol. The molecule has 0 saturated carbocycles. The van der Waals surface area contributed by atoms with E-state index >= 15 is 0 Å². The van der Waals surface area contributed by atoms with Crippen molar-refractivity contribution in [2.45, 2.75) is 12.8 Å². The van der Waals surface area contributed by atoms with E-state index in [1.165, 1.54) is 12.8 Å². The normalized spacial score (nSPS) is 14.9. The minimum Gasteiger partial charge on any atom is -0.493 e. The fraction of sp³-hybridized carbons (Fsp3) is 0.562. The first-order chi connectivity index (χ1) is 10.6. The molecule has 0 radical (unpaired) electrons. The Morgan fingerprint density at radius 2 is 1.82 bits per heavy atom. The summed E-state index contributed by atoms with van der Waals surface area (Å²) >= 11 is 2.16. The molecule has 1 saturated heterocycles. The maximum atomic E-state index is 12.6. The number of ether oxygens (including phenoxy) is 2. The first-order valence-corrected chi connectivity index (χ1v) is 8.54. The molecule has 0 aromatic heterocycles. The van der Waals surface area contributed by atoms with Gasteiger partial charge in [-0.1, -0.05) is 0 Å². The third kappa shape index (κ3) is 4.04. The van der Waals surface area contributed by atoms with E-state index in [0.717, 1.165) is 29.7 Å². The number of nitrogens with zero attached hydrogens (tertiary/aromatic N) is 2. The van der Waals surface area contributed by atoms with Crippen LogP contribution in [0.3, 0.4) is 0 Å². The first-order valence-electron chi connectivity index (χ1n) is 7.46. The number of halogens is 1. The minimum absolute atomic E-state index is 0.0181. The molecule has 22 heavy (non-hydrogen) atoms. The van der Waals surface area contributed by atoms with Gasteiger partial charge in [-0.05, 0) is 60.7 Å². The highest BCUT2D eigenvalue weighted by molar-refractivity contribution is 14.1. The molecular weight excluding hydrogens is 395 g/mol. The summed E-state index contributed by atoms with van der Waals surface area (Å²) < 4.78 is 11.4. The van der Waals surface area contributed by atoms with E-state index < -0.39 is 0 Å². The summed E-state index contributed by atoms with van der Waals surface area (Å²) in [5.74, 6) is 1.24. The predicted octanol–water partition coefficient (Wildman–Crippen LogP) is 2.48. The summed E-state index contributed by atoms with van der Waals surface area (Å²) in [6.45, 7) is 3.97. The molecule has 1 fully saturated rings. The Morgan fingerprint density at radius 1 is 1.23 bits per heavy atom. The molecule has 122 valence electrons. The Kier molecular flexibility index (Phi) is 6.31. The average molecular weight is 418 g/mol. The smallest absolute Gasteiger partial charge is 0.254 e. The van der Waals surface area contributed by atoms with Crippen LogP contribution in [0.15, 0.2) is 12.1 Å². The van der Waals surface area contributed by atoms with Crippen molar-refractivity contribution in [2.75, 3.05) is 47.4 Å². The van der Waals surface area contributed by atoms with Crippen molar-refractivity contribution >= 4 is 28.5 Å². The van der Waals surface area contributed by atoms with Crippen LogP contribution in [0.5, 0.6) is 11.5 Å². The second kappa shape index (κ2) is 8.01. The third-order valence-electron chi connectivity index (χ3n) is 4.00. The van der Waals surface area contributed by atoms with Crippen LogP contribution in [-0.2, 0) is 0 Å². The van der Waals surface area contributed by atoms with Gasteiger partial charge in [-0.25, -0.2) is 0 Å². The third-order valence-corrected chi connectivity index (χ3v) is 4.89. The fourth-order valence-corrected chi connectivity index (χ4v) is 3.29. The molecule has 0 aliphatic carbocycles. The van der Waals surface area contributed by atoms with Crippen molar-refractivity contribution in [2.24, 2.45) is 0 Å². The van der Waals surface area contributed by atoms with Crippen LogP contribution in [0.4, 0.5) is 0 Å². The molecule has 0 unspecified atom stereocenters. The molecule has 0 bridgehead atoms. The molecule has 1 aromatic carbocycles. The summed E-state index contributed by atoms with van der Waals surface area (Å²) in [5, 5.41) is 0. The van der Waals surface area contributed by atoms with Crippen LogP contribution >= 0.6 is 22.6 Å². The Bertz CT molecular complexity index is 530. The van der Waals surface area contributed by atoms with E-state index in [2.05, 4.69) is 27.5 Å². The number of methoxy groups -OCH3 is 2. The van der Waals surface area contributed by atoms with Gasteiger partial charge in [0.2, 0.25) is 0 Å². The maximum Gasteiger partial charge on any atom is 0.254 e. The van der Waals surface area contributed by atoms with Crippen LogP contribution in [0.2, 0.25) is 0 Å². The molecule has 5 nitrogen and oxygen atoms in total. The van der Waals surface area contributed by atoms with Gasteiger partial charge in [0.25, 0.3) is 5.91 Å². The summed E-state index contributed by atoms with van der Waals surface area (Å²) in [7, 11) is 5.03. The number of likely N-dealkylation sites (tertiary alicyclic amines) is 1. The van der Waals surface area contributed by atoms with Crippen molar-refractivity contribution in [1.29, 1.82) is 0 Å². The maximum absolute atomic E-state index is 12.6. The second-order valence-electron chi connectivity index (χ2n) is 5.46. The Labute approximate surface area is 145 Å². The van der Waals surface area contributed by atoms with Crippen LogP contribution in [0.1, 0.15) is 23.2 Å². The lowest BCUT2D eigenvalue weighted by atomic mass is 10.1. The number of hydrogen-bond donors (Lipinski definition) is 0. The van der Waals surface area contributed by atoms with Crippen molar-refractivity contribution < 1.29 is 14.3 Å². The highest BCUT2D eigenvalue weighted by Crippen LogP contribution is 2.31. The van der Waals surface area contributed by atoms with Gasteiger partial charge in [0.05, 0.1) is 19.8 Å². The van der Waals surface area contributed by atoms with Gasteiger partial charge in [-0.3, -0.25) is 4.79 Å². The van der Waals surface area contributed by atoms with Crippen molar-refractivity contribution in [3.05, 3.63) is 21.3 Å². The molecule has 0 spiro atoms. The molecule has 1 aliphatic heterocycles. The van der Waals surface area contributed by atoms with Gasteiger partial charge in [0.1, 0.15) is 0 Å². The van der Waals surface area contributed by atoms with E-state index in [0.29, 0.717) is 17.1 Å². The molecule has 0 atom stereocenters. The molecule has 6 heteroatoms. The van der Waals surface area contributed by atoms with E-state index in [-0.39, 0.29) is 5.91 Å². The van der Waals surface area contributed by atoms with E-state index in [1.54, 1.807) is 25.2 Å². The Balaban J connectivity index is 2.07. The highest BCUT2D eigenvalue weighted by Gasteiger charge is 2.20. The molecule has 1 aromatic rings. The van der Waals surface area contributed by atoms with Gasteiger partial charge in [-0.15, -0.1) is 0 Å². The zero-order chi connectivity index (χ0) is 16.1. The number of amides is 1. The number of rotatable bonds is 6. The zero-order valence-electron chi connectivity index (χ0n) is 13.4. The number of likely N-dealkylation sites (N-methyl/N-ethyl adjacent to an activating group) is 1. The van der Waals surface area contributed by atoms with Crippen molar-refractivity contribution in [1.82, 2.24) is 9.80 Å². The monoisotopic (exact) mass is 418 g/mol. The van der Waals surface area contributed by atoms with Gasteiger partial charge < -0.3 is 19.3 Å². The highest BCUT2D eigenvalue weighted by atomic mass is 127. The fourth-order valence-electron chi connectivity index (χ4n) is 2.62. The van der Waals surface area contributed by atoms with Gasteiger partial charge in [0, 0.05) is 23.7 Å². The topological polar surface area (TPSA) is 42.0 Å². The second-order valence-corrected chi connectivity index (χ2v) is 6.62. The van der Waals surface area contributed by atoms with Crippen molar-refractivity contribution in [3.8, 4) is 11.5 Å². The van der Waals surface area contributed by atoms with Gasteiger partial charge in [-0.2, -0.15) is 0 Å². The van der Waals surface area contributed by atoms with Crippen LogP contribution in [-0.4, -0.2) is 63.2 Å². The lowest BCUT2D eigenvalue weighted by Crippen LogP contribution is -2.35. The largest absolute Gasteiger partial charge is 0.493 e. The molecule has 1 amide bonds. The quantitative estimate of drug-likeness (QED) is 0.666. The SMILES string of the molecule is COc1cc(I)c(C(=O)N(C)CCN2CCCC2)cc1OC. The Morgan fingerprint density at radius 3 is 2.41 bits per heavy atom. The lowest BCUT2D eigenvalue weighted by Gasteiger charge is -2.22. The zero-order valence-corrected chi connectivity index (χ0v) is 15.6. The van der Waals surface area contributed by atoms with E-state index in [1.807, 2.05) is 13.1 Å². The average Bonchev–Trinajstić information content (AvgIpc) is 3.04. The first kappa shape index (κ1) is 17.3. The summed E-state index contributed by atoms with van der Waals surface area (Å²) in [5.41, 5.74) is 0.655. The number of carbonyl (C=O) groups excluding carboxylic acids is 1. The van der Waals surface area contributed by atoms with Crippen LogP contribution in [0, 0.1) is 3.57 Å². The van der Waals surface area contributed by atoms with Gasteiger partial charge >= 0.3 is 0 Å². The summed E-state index contributed by atoms with van der Waals surface area (Å²) in [6, 6.07) is 3.59.